The summed E-state index contributed by atoms with van der Waals surface area (Å²) in [6.45, 7) is 1.58. The van der Waals surface area contributed by atoms with Gasteiger partial charge in [-0.25, -0.2) is 5.43 Å². The lowest BCUT2D eigenvalue weighted by atomic mass is 10.1. The van der Waals surface area contributed by atoms with Crippen LogP contribution in [0.2, 0.25) is 0 Å². The van der Waals surface area contributed by atoms with E-state index in [1.165, 1.54) is 25.5 Å². The van der Waals surface area contributed by atoms with Crippen LogP contribution in [0.3, 0.4) is 0 Å². The van der Waals surface area contributed by atoms with Crippen molar-refractivity contribution in [2.45, 2.75) is 6.92 Å². The predicted molar refractivity (Wildman–Crippen MR) is 112 cm³/mol. The fourth-order valence-electron chi connectivity index (χ4n) is 2.73. The molecular weight excluding hydrogens is 444 g/mol. The second-order valence-corrected chi connectivity index (χ2v) is 6.94. The molecule has 0 aliphatic carbocycles. The molecule has 10 heteroatoms. The molecule has 3 aromatic rings. The number of aromatic amines is 1. The van der Waals surface area contributed by atoms with Crippen molar-refractivity contribution in [1.29, 1.82) is 0 Å². The number of rotatable bonds is 7. The minimum absolute atomic E-state index is 0.00365. The van der Waals surface area contributed by atoms with Crippen LogP contribution in [-0.4, -0.2) is 35.7 Å². The minimum atomic E-state index is -0.454. The van der Waals surface area contributed by atoms with Crippen LogP contribution in [0.5, 0.6) is 11.5 Å². The third-order valence-corrected chi connectivity index (χ3v) is 4.59. The SMILES string of the molecule is COc1cc(Br)ccc1OCC(=O)N/N=C/c1c(C)[nH]c2cc([N+](=O)[O-])ccc12. The van der Waals surface area contributed by atoms with Gasteiger partial charge in [-0.05, 0) is 31.2 Å². The smallest absolute Gasteiger partial charge is 0.277 e. The van der Waals surface area contributed by atoms with Gasteiger partial charge in [0.2, 0.25) is 0 Å². The number of nitrogens with one attached hydrogen (secondary N) is 2. The van der Waals surface area contributed by atoms with Crippen LogP contribution in [0, 0.1) is 17.0 Å². The molecule has 0 unspecified atom stereocenters. The number of halogens is 1. The number of H-pyrrole nitrogens is 1. The van der Waals surface area contributed by atoms with Crippen molar-refractivity contribution < 1.29 is 19.2 Å². The molecule has 0 radical (unpaired) electrons. The number of amides is 1. The Hall–Kier alpha value is -3.40. The molecule has 2 N–H and O–H groups in total. The van der Waals surface area contributed by atoms with E-state index < -0.39 is 10.8 Å². The summed E-state index contributed by atoms with van der Waals surface area (Å²) in [6, 6.07) is 9.72. The highest BCUT2D eigenvalue weighted by Crippen LogP contribution is 2.30. The molecule has 0 atom stereocenters. The first-order valence-corrected chi connectivity index (χ1v) is 9.23. The largest absolute Gasteiger partial charge is 0.493 e. The zero-order valence-electron chi connectivity index (χ0n) is 15.6. The van der Waals surface area contributed by atoms with Gasteiger partial charge < -0.3 is 14.5 Å². The van der Waals surface area contributed by atoms with E-state index in [0.717, 1.165) is 21.1 Å². The van der Waals surface area contributed by atoms with E-state index >= 15 is 0 Å². The highest BCUT2D eigenvalue weighted by atomic mass is 79.9. The van der Waals surface area contributed by atoms with Gasteiger partial charge in [-0.15, -0.1) is 0 Å². The van der Waals surface area contributed by atoms with E-state index in [0.29, 0.717) is 17.0 Å². The number of nitrogens with zero attached hydrogens (tertiary/aromatic N) is 2. The zero-order chi connectivity index (χ0) is 21.0. The van der Waals surface area contributed by atoms with E-state index in [2.05, 4.69) is 31.4 Å². The number of benzene rings is 2. The van der Waals surface area contributed by atoms with Crippen LogP contribution in [0.1, 0.15) is 11.3 Å². The van der Waals surface area contributed by atoms with E-state index in [-0.39, 0.29) is 12.3 Å². The number of aryl methyl sites for hydroxylation is 1. The number of carbonyl (C=O) groups excluding carboxylic acids is 1. The van der Waals surface area contributed by atoms with Crippen LogP contribution in [0.25, 0.3) is 10.9 Å². The Labute approximate surface area is 174 Å². The minimum Gasteiger partial charge on any atom is -0.493 e. The number of methoxy groups -OCH3 is 1. The van der Waals surface area contributed by atoms with Gasteiger partial charge in [0.05, 0.1) is 23.8 Å². The van der Waals surface area contributed by atoms with Gasteiger partial charge in [-0.1, -0.05) is 15.9 Å². The molecule has 0 aliphatic rings. The summed E-state index contributed by atoms with van der Waals surface area (Å²) in [4.78, 5) is 25.5. The molecule has 3 rings (SSSR count). The Morgan fingerprint density at radius 2 is 2.10 bits per heavy atom. The number of nitro groups is 1. The number of hydrogen-bond donors (Lipinski definition) is 2. The van der Waals surface area contributed by atoms with Gasteiger partial charge in [-0.2, -0.15) is 5.10 Å². The number of non-ortho nitro benzene ring substituents is 1. The highest BCUT2D eigenvalue weighted by molar-refractivity contribution is 9.10. The lowest BCUT2D eigenvalue weighted by Gasteiger charge is -2.10. The van der Waals surface area contributed by atoms with Crippen molar-refractivity contribution in [1.82, 2.24) is 10.4 Å². The Balaban J connectivity index is 1.64. The third-order valence-electron chi connectivity index (χ3n) is 4.10. The molecule has 0 aliphatic heterocycles. The topological polar surface area (TPSA) is 119 Å². The second-order valence-electron chi connectivity index (χ2n) is 6.03. The molecular formula is C19H17BrN4O5. The maximum atomic E-state index is 12.0. The van der Waals surface area contributed by atoms with Crippen LogP contribution in [0.4, 0.5) is 5.69 Å². The van der Waals surface area contributed by atoms with E-state index in [4.69, 9.17) is 9.47 Å². The third kappa shape index (κ3) is 4.72. The second kappa shape index (κ2) is 8.74. The maximum Gasteiger partial charge on any atom is 0.277 e. The Morgan fingerprint density at radius 1 is 1.31 bits per heavy atom. The molecule has 1 heterocycles. The molecule has 2 aromatic carbocycles. The summed E-state index contributed by atoms with van der Waals surface area (Å²) >= 11 is 3.33. The fraction of sp³-hybridized carbons (Fsp3) is 0.158. The average Bonchev–Trinajstić information content (AvgIpc) is 3.01. The lowest BCUT2D eigenvalue weighted by molar-refractivity contribution is -0.384. The van der Waals surface area contributed by atoms with Crippen LogP contribution < -0.4 is 14.9 Å². The van der Waals surface area contributed by atoms with E-state index in [9.17, 15) is 14.9 Å². The first kappa shape index (κ1) is 20.3. The molecule has 0 saturated heterocycles. The van der Waals surface area contributed by atoms with Crippen LogP contribution in [0.15, 0.2) is 46.0 Å². The monoisotopic (exact) mass is 460 g/mol. The fourth-order valence-corrected chi connectivity index (χ4v) is 3.07. The quantitative estimate of drug-likeness (QED) is 0.316. The van der Waals surface area contributed by atoms with Gasteiger partial charge in [-0.3, -0.25) is 14.9 Å². The van der Waals surface area contributed by atoms with Crippen LogP contribution >= 0.6 is 15.9 Å². The van der Waals surface area contributed by atoms with Crippen molar-refractivity contribution in [2.24, 2.45) is 5.10 Å². The molecule has 0 fully saturated rings. The van der Waals surface area contributed by atoms with Crippen molar-refractivity contribution in [3.63, 3.8) is 0 Å². The molecule has 1 amide bonds. The lowest BCUT2D eigenvalue weighted by Crippen LogP contribution is -2.24. The molecule has 1 aromatic heterocycles. The number of fused-ring (bicyclic) bond motifs is 1. The summed E-state index contributed by atoms with van der Waals surface area (Å²) < 4.78 is 11.5. The molecule has 0 spiro atoms. The first-order valence-electron chi connectivity index (χ1n) is 8.44. The Kier molecular flexibility index (Phi) is 6.13. The van der Waals surface area contributed by atoms with Crippen molar-refractivity contribution in [3.8, 4) is 11.5 Å². The average molecular weight is 461 g/mol. The van der Waals surface area contributed by atoms with Gasteiger partial charge in [0.25, 0.3) is 11.6 Å². The predicted octanol–water partition coefficient (Wildman–Crippen LogP) is 3.68. The summed E-state index contributed by atoms with van der Waals surface area (Å²) in [5.41, 5.74) is 4.51. The molecule has 0 bridgehead atoms. The van der Waals surface area contributed by atoms with E-state index in [1.807, 2.05) is 6.92 Å². The Bertz CT molecular complexity index is 1110. The van der Waals surface area contributed by atoms with Gasteiger partial charge >= 0.3 is 0 Å². The standard InChI is InChI=1S/C19H17BrN4O5/c1-11-15(14-5-4-13(24(26)27)8-16(14)22-11)9-21-23-19(25)10-29-17-6-3-12(20)7-18(17)28-2/h3-9,22H,10H2,1-2H3,(H,23,25)/b21-9+. The summed E-state index contributed by atoms with van der Waals surface area (Å²) in [7, 11) is 1.51. The van der Waals surface area contributed by atoms with Gasteiger partial charge in [0.15, 0.2) is 18.1 Å². The van der Waals surface area contributed by atoms with Crippen molar-refractivity contribution >= 4 is 44.6 Å². The van der Waals surface area contributed by atoms with Gasteiger partial charge in [0, 0.05) is 33.2 Å². The molecule has 0 saturated carbocycles. The zero-order valence-corrected chi connectivity index (χ0v) is 17.1. The summed E-state index contributed by atoms with van der Waals surface area (Å²) in [6.07, 6.45) is 1.48. The number of hydrogen-bond acceptors (Lipinski definition) is 6. The summed E-state index contributed by atoms with van der Waals surface area (Å²) in [5.74, 6) is 0.488. The van der Waals surface area contributed by atoms with Gasteiger partial charge in [0.1, 0.15) is 0 Å². The molecule has 150 valence electrons. The number of carbonyl (C=O) groups is 1. The van der Waals surface area contributed by atoms with Crippen LogP contribution in [-0.2, 0) is 4.79 Å². The normalized spacial score (nSPS) is 11.0. The van der Waals surface area contributed by atoms with E-state index in [1.54, 1.807) is 24.3 Å². The maximum absolute atomic E-state index is 12.0. The number of nitro benzene ring substituents is 1. The highest BCUT2D eigenvalue weighted by Gasteiger charge is 2.12. The Morgan fingerprint density at radius 3 is 2.83 bits per heavy atom. The van der Waals surface area contributed by atoms with Crippen molar-refractivity contribution in [2.75, 3.05) is 13.7 Å². The number of ether oxygens (including phenoxy) is 2. The first-order chi connectivity index (χ1) is 13.9. The van der Waals surface area contributed by atoms with Crippen molar-refractivity contribution in [3.05, 3.63) is 62.2 Å². The summed E-state index contributed by atoms with van der Waals surface area (Å²) in [5, 5.41) is 15.6. The molecule has 9 nitrogen and oxygen atoms in total. The molecule has 29 heavy (non-hydrogen) atoms. The number of hydrazone groups is 1. The number of aromatic nitrogens is 1.